The summed E-state index contributed by atoms with van der Waals surface area (Å²) in [6.07, 6.45) is -4.70. The molecule has 5 nitrogen and oxygen atoms in total. The lowest BCUT2D eigenvalue weighted by Crippen LogP contribution is -2.35. The lowest BCUT2D eigenvalue weighted by molar-refractivity contribution is -0.173. The molecule has 8 heteroatoms. The third-order valence-electron chi connectivity index (χ3n) is 5.21. The maximum absolute atomic E-state index is 13.8. The van der Waals surface area contributed by atoms with Crippen molar-refractivity contribution in [3.8, 4) is 0 Å². The maximum atomic E-state index is 13.8. The minimum atomic E-state index is -4.49. The van der Waals surface area contributed by atoms with Gasteiger partial charge < -0.3 is 10.6 Å². The summed E-state index contributed by atoms with van der Waals surface area (Å²) in [5.41, 5.74) is 3.30. The van der Waals surface area contributed by atoms with E-state index in [9.17, 15) is 18.0 Å². The van der Waals surface area contributed by atoms with Crippen LogP contribution < -0.4 is 10.6 Å². The van der Waals surface area contributed by atoms with E-state index in [1.165, 1.54) is 6.07 Å². The van der Waals surface area contributed by atoms with E-state index in [0.717, 1.165) is 21.4 Å². The van der Waals surface area contributed by atoms with E-state index in [-0.39, 0.29) is 17.9 Å². The summed E-state index contributed by atoms with van der Waals surface area (Å²) < 4.78 is 42.2. The van der Waals surface area contributed by atoms with Crippen LogP contribution in [-0.2, 0) is 0 Å². The van der Waals surface area contributed by atoms with Crippen molar-refractivity contribution < 1.29 is 18.0 Å². The number of halogens is 3. The molecule has 1 aromatic heterocycles. The number of hydrogen-bond donors (Lipinski definition) is 2. The summed E-state index contributed by atoms with van der Waals surface area (Å²) in [5.74, 6) is -0.390. The Balaban J connectivity index is 1.63. The zero-order chi connectivity index (χ0) is 21.5. The quantitative estimate of drug-likeness (QED) is 0.602. The normalized spacial score (nSPS) is 18.4. The lowest BCUT2D eigenvalue weighted by Gasteiger charge is -2.33. The topological polar surface area (TPSA) is 59.0 Å². The molecule has 1 aliphatic heterocycles. The fraction of sp³-hybridized carbons (Fsp3) is 0.273. The van der Waals surface area contributed by atoms with Crippen LogP contribution in [-0.4, -0.2) is 21.9 Å². The molecule has 2 aromatic carbocycles. The Morgan fingerprint density at radius 3 is 2.27 bits per heavy atom. The largest absolute Gasteiger partial charge is 0.410 e. The maximum Gasteiger partial charge on any atom is 0.410 e. The summed E-state index contributed by atoms with van der Waals surface area (Å²) in [7, 11) is 0. The monoisotopic (exact) mass is 414 g/mol. The van der Waals surface area contributed by atoms with Crippen LogP contribution in [0.5, 0.6) is 0 Å². The van der Waals surface area contributed by atoms with Crippen LogP contribution in [0.4, 0.5) is 24.7 Å². The molecule has 0 radical (unpaired) electrons. The molecule has 2 N–H and O–H groups in total. The molecule has 0 fully saturated rings. The molecule has 30 heavy (non-hydrogen) atoms. The predicted octanol–water partition coefficient (Wildman–Crippen LogP) is 5.41. The van der Waals surface area contributed by atoms with Gasteiger partial charge in [0.1, 0.15) is 5.82 Å². The predicted molar refractivity (Wildman–Crippen MR) is 109 cm³/mol. The van der Waals surface area contributed by atoms with Crippen molar-refractivity contribution in [2.75, 3.05) is 10.6 Å². The highest BCUT2D eigenvalue weighted by molar-refractivity contribution is 6.03. The summed E-state index contributed by atoms with van der Waals surface area (Å²) in [5, 5.41) is 9.75. The molecule has 2 atom stereocenters. The van der Waals surface area contributed by atoms with E-state index >= 15 is 0 Å². The van der Waals surface area contributed by atoms with Gasteiger partial charge in [-0.2, -0.15) is 18.3 Å². The molecule has 0 aliphatic carbocycles. The first-order valence-electron chi connectivity index (χ1n) is 9.58. The van der Waals surface area contributed by atoms with Gasteiger partial charge in [-0.1, -0.05) is 47.5 Å². The number of carbonyl (C=O) groups excluding carboxylic acids is 1. The number of amides is 1. The van der Waals surface area contributed by atoms with Crippen LogP contribution in [0.15, 0.2) is 54.6 Å². The number of fused-ring (bicyclic) bond motifs is 1. The van der Waals surface area contributed by atoms with Gasteiger partial charge in [0, 0.05) is 18.2 Å². The van der Waals surface area contributed by atoms with Crippen molar-refractivity contribution in [2.45, 2.75) is 38.5 Å². The van der Waals surface area contributed by atoms with Gasteiger partial charge in [0.2, 0.25) is 0 Å². The Morgan fingerprint density at radius 2 is 1.67 bits per heavy atom. The van der Waals surface area contributed by atoms with Crippen LogP contribution in [0.25, 0.3) is 0 Å². The molecule has 1 aliphatic rings. The molecule has 4 rings (SSSR count). The van der Waals surface area contributed by atoms with E-state index in [1.54, 1.807) is 12.1 Å². The number of alkyl halides is 3. The third-order valence-corrected chi connectivity index (χ3v) is 5.21. The number of aromatic nitrogens is 2. The van der Waals surface area contributed by atoms with E-state index < -0.39 is 24.2 Å². The smallest absolute Gasteiger partial charge is 0.363 e. The second kappa shape index (κ2) is 7.51. The highest BCUT2D eigenvalue weighted by Gasteiger charge is 2.46. The van der Waals surface area contributed by atoms with Crippen molar-refractivity contribution in [3.05, 3.63) is 77.0 Å². The number of anilines is 2. The molecule has 0 bridgehead atoms. The highest BCUT2D eigenvalue weighted by Crippen LogP contribution is 2.43. The number of nitrogens with one attached hydrogen (secondary N) is 2. The lowest BCUT2D eigenvalue weighted by atomic mass is 9.96. The van der Waals surface area contributed by atoms with Gasteiger partial charge in [-0.05, 0) is 31.5 Å². The number of aryl methyl sites for hydroxylation is 2. The Bertz CT molecular complexity index is 1060. The van der Waals surface area contributed by atoms with Crippen molar-refractivity contribution >= 4 is 17.4 Å². The molecular weight excluding hydrogens is 393 g/mol. The van der Waals surface area contributed by atoms with Crippen LogP contribution in [0.3, 0.4) is 0 Å². The van der Waals surface area contributed by atoms with Gasteiger partial charge in [0.05, 0.1) is 6.04 Å². The van der Waals surface area contributed by atoms with Gasteiger partial charge in [-0.25, -0.2) is 4.68 Å². The fourth-order valence-electron chi connectivity index (χ4n) is 3.53. The molecule has 0 saturated carbocycles. The van der Waals surface area contributed by atoms with Crippen molar-refractivity contribution in [1.29, 1.82) is 0 Å². The van der Waals surface area contributed by atoms with E-state index in [2.05, 4.69) is 15.7 Å². The second-order valence-electron chi connectivity index (χ2n) is 7.58. The summed E-state index contributed by atoms with van der Waals surface area (Å²) in [6, 6.07) is 13.5. The Morgan fingerprint density at radius 1 is 1.07 bits per heavy atom. The standard InChI is InChI=1S/C22H21F3N4O/c1-13-3-7-15(8-4-13)17-11-19(22(23,24)25)29-20(27-17)12-18(28-29)21(30)26-16-9-5-14(2)6-10-16/h3-10,12,17,19,27H,11H2,1-2H3,(H,26,30)/t17-,19-/m1/s1. The molecule has 156 valence electrons. The van der Waals surface area contributed by atoms with Gasteiger partial charge in [-0.15, -0.1) is 0 Å². The first-order chi connectivity index (χ1) is 14.2. The molecular formula is C22H21F3N4O. The summed E-state index contributed by atoms with van der Waals surface area (Å²) in [6.45, 7) is 3.84. The minimum Gasteiger partial charge on any atom is -0.363 e. The number of benzene rings is 2. The Kier molecular flexibility index (Phi) is 5.01. The SMILES string of the molecule is Cc1ccc(NC(=O)c2cc3n(n2)[C@@H](C(F)(F)F)C[C@H](c2ccc(C)cc2)N3)cc1. The average Bonchev–Trinajstić information content (AvgIpc) is 3.13. The van der Waals surface area contributed by atoms with Gasteiger partial charge >= 0.3 is 6.18 Å². The molecule has 0 spiro atoms. The minimum absolute atomic E-state index is 0.0723. The average molecular weight is 414 g/mol. The van der Waals surface area contributed by atoms with Gasteiger partial charge in [0.25, 0.3) is 5.91 Å². The van der Waals surface area contributed by atoms with Crippen molar-refractivity contribution in [1.82, 2.24) is 9.78 Å². The molecule has 0 unspecified atom stereocenters. The van der Waals surface area contributed by atoms with Crippen LogP contribution in [0, 0.1) is 13.8 Å². The second-order valence-corrected chi connectivity index (χ2v) is 7.58. The van der Waals surface area contributed by atoms with E-state index in [1.807, 2.05) is 50.2 Å². The first kappa shape index (κ1) is 20.0. The molecule has 3 aromatic rings. The van der Waals surface area contributed by atoms with E-state index in [4.69, 9.17) is 0 Å². The molecule has 2 heterocycles. The Hall–Kier alpha value is -3.29. The zero-order valence-electron chi connectivity index (χ0n) is 16.5. The Labute approximate surface area is 171 Å². The number of nitrogens with zero attached hydrogens (tertiary/aromatic N) is 2. The van der Waals surface area contributed by atoms with Crippen LogP contribution in [0.2, 0.25) is 0 Å². The van der Waals surface area contributed by atoms with Gasteiger partial charge in [0.15, 0.2) is 11.7 Å². The van der Waals surface area contributed by atoms with Crippen LogP contribution in [0.1, 0.15) is 45.7 Å². The fourth-order valence-corrected chi connectivity index (χ4v) is 3.53. The summed E-state index contributed by atoms with van der Waals surface area (Å²) in [4.78, 5) is 12.6. The summed E-state index contributed by atoms with van der Waals surface area (Å²) >= 11 is 0. The highest BCUT2D eigenvalue weighted by atomic mass is 19.4. The number of hydrogen-bond acceptors (Lipinski definition) is 3. The third kappa shape index (κ3) is 4.03. The number of rotatable bonds is 3. The molecule has 1 amide bonds. The van der Waals surface area contributed by atoms with Crippen LogP contribution >= 0.6 is 0 Å². The number of carbonyl (C=O) groups is 1. The van der Waals surface area contributed by atoms with Crippen molar-refractivity contribution in [2.24, 2.45) is 0 Å². The van der Waals surface area contributed by atoms with Crippen molar-refractivity contribution in [3.63, 3.8) is 0 Å². The first-order valence-corrected chi connectivity index (χ1v) is 9.58. The van der Waals surface area contributed by atoms with Gasteiger partial charge in [-0.3, -0.25) is 4.79 Å². The molecule has 0 saturated heterocycles. The zero-order valence-corrected chi connectivity index (χ0v) is 16.5. The van der Waals surface area contributed by atoms with E-state index in [0.29, 0.717) is 5.69 Å².